The molecule has 3 rings (SSSR count). The second-order valence-corrected chi connectivity index (χ2v) is 6.11. The first-order chi connectivity index (χ1) is 9.97. The van der Waals surface area contributed by atoms with E-state index in [1.165, 1.54) is 6.07 Å². The number of halogens is 2. The van der Waals surface area contributed by atoms with E-state index >= 15 is 0 Å². The molecule has 0 aromatic heterocycles. The van der Waals surface area contributed by atoms with Crippen LogP contribution in [-0.2, 0) is 0 Å². The monoisotopic (exact) mass is 314 g/mol. The van der Waals surface area contributed by atoms with Gasteiger partial charge in [0.1, 0.15) is 16.9 Å². The zero-order chi connectivity index (χ0) is 15.1. The Morgan fingerprint density at radius 1 is 1.38 bits per heavy atom. The summed E-state index contributed by atoms with van der Waals surface area (Å²) in [5.41, 5.74) is -0.629. The number of hydrogen-bond acceptors (Lipinski definition) is 4. The molecular weight excluding hydrogens is 299 g/mol. The first-order valence-corrected chi connectivity index (χ1v) is 7.36. The molecule has 2 saturated heterocycles. The second kappa shape index (κ2) is 5.42. The number of ether oxygens (including phenoxy) is 1. The van der Waals surface area contributed by atoms with Gasteiger partial charge in [-0.25, -0.2) is 0 Å². The molecule has 2 aliphatic rings. The average Bonchev–Trinajstić information content (AvgIpc) is 2.66. The van der Waals surface area contributed by atoms with Gasteiger partial charge in [-0.15, -0.1) is 0 Å². The fraction of sp³-hybridized carbons (Fsp3) is 0.571. The van der Waals surface area contributed by atoms with Crippen LogP contribution in [0.4, 0.5) is 10.1 Å². The Morgan fingerprint density at radius 2 is 2.00 bits per heavy atom. The van der Waals surface area contributed by atoms with E-state index in [1.807, 2.05) is 0 Å². The number of fused-ring (bicyclic) bond motifs is 2. The fourth-order valence-corrected chi connectivity index (χ4v) is 3.60. The molecule has 2 unspecified atom stereocenters. The standard InChI is InChI=1S/C14H16ClFN2O3/c1-17-8-2-3-9(17)7-10(6-8)21-12-5-4-11(18(19)20)14(16)13(12)15/h4-5,8-10H,2-3,6-7H2,1H3. The largest absolute Gasteiger partial charge is 0.489 e. The van der Waals surface area contributed by atoms with E-state index in [0.717, 1.165) is 31.7 Å². The maximum atomic E-state index is 13.8. The average molecular weight is 315 g/mol. The van der Waals surface area contributed by atoms with Gasteiger partial charge in [-0.3, -0.25) is 10.1 Å². The minimum atomic E-state index is -1.03. The fourth-order valence-electron chi connectivity index (χ4n) is 3.39. The van der Waals surface area contributed by atoms with Crippen molar-refractivity contribution in [2.24, 2.45) is 0 Å². The normalized spacial score (nSPS) is 28.6. The Kier molecular flexibility index (Phi) is 3.75. The van der Waals surface area contributed by atoms with Crippen LogP contribution in [0.3, 0.4) is 0 Å². The van der Waals surface area contributed by atoms with Gasteiger partial charge in [0.2, 0.25) is 5.82 Å². The Hall–Kier alpha value is -1.40. The van der Waals surface area contributed by atoms with E-state index in [-0.39, 0.29) is 16.9 Å². The molecule has 0 spiro atoms. The minimum absolute atomic E-state index is 0.0166. The molecule has 2 heterocycles. The number of nitro groups is 1. The van der Waals surface area contributed by atoms with Gasteiger partial charge in [-0.1, -0.05) is 11.6 Å². The van der Waals surface area contributed by atoms with E-state index < -0.39 is 16.4 Å². The van der Waals surface area contributed by atoms with Crippen LogP contribution >= 0.6 is 11.6 Å². The van der Waals surface area contributed by atoms with Gasteiger partial charge in [0, 0.05) is 18.2 Å². The molecule has 0 aliphatic carbocycles. The minimum Gasteiger partial charge on any atom is -0.489 e. The Labute approximate surface area is 126 Å². The molecule has 0 N–H and O–H groups in total. The highest BCUT2D eigenvalue weighted by Gasteiger charge is 2.39. The van der Waals surface area contributed by atoms with Crippen LogP contribution in [0.25, 0.3) is 0 Å². The number of piperidine rings is 1. The Morgan fingerprint density at radius 3 is 2.57 bits per heavy atom. The zero-order valence-corrected chi connectivity index (χ0v) is 12.3. The van der Waals surface area contributed by atoms with Gasteiger partial charge in [-0.05, 0) is 38.8 Å². The first-order valence-electron chi connectivity index (χ1n) is 6.98. The van der Waals surface area contributed by atoms with Gasteiger partial charge < -0.3 is 9.64 Å². The SMILES string of the molecule is CN1C2CCC1CC(Oc1ccc([N+](=O)[O-])c(F)c1Cl)C2. The summed E-state index contributed by atoms with van der Waals surface area (Å²) in [5, 5.41) is 10.4. The smallest absolute Gasteiger partial charge is 0.306 e. The molecular formula is C14H16ClFN2O3. The van der Waals surface area contributed by atoms with Crippen molar-refractivity contribution in [1.29, 1.82) is 0 Å². The highest BCUT2D eigenvalue weighted by atomic mass is 35.5. The first kappa shape index (κ1) is 14.5. The zero-order valence-electron chi connectivity index (χ0n) is 11.6. The van der Waals surface area contributed by atoms with Crippen molar-refractivity contribution in [3.05, 3.63) is 33.1 Å². The van der Waals surface area contributed by atoms with Crippen LogP contribution in [0.5, 0.6) is 5.75 Å². The number of hydrogen-bond donors (Lipinski definition) is 0. The molecule has 114 valence electrons. The van der Waals surface area contributed by atoms with Crippen LogP contribution in [0.1, 0.15) is 25.7 Å². The third-order valence-corrected chi connectivity index (χ3v) is 4.92. The van der Waals surface area contributed by atoms with E-state index in [4.69, 9.17) is 16.3 Å². The van der Waals surface area contributed by atoms with Crippen molar-refractivity contribution in [1.82, 2.24) is 4.90 Å². The Bertz CT molecular complexity index is 570. The molecule has 1 aromatic carbocycles. The van der Waals surface area contributed by atoms with Crippen molar-refractivity contribution in [2.45, 2.75) is 43.9 Å². The summed E-state index contributed by atoms with van der Waals surface area (Å²) in [6.07, 6.45) is 4.05. The summed E-state index contributed by atoms with van der Waals surface area (Å²) in [5.74, 6) is -0.844. The van der Waals surface area contributed by atoms with E-state index in [9.17, 15) is 14.5 Å². The summed E-state index contributed by atoms with van der Waals surface area (Å²) < 4.78 is 19.6. The summed E-state index contributed by atoms with van der Waals surface area (Å²) in [7, 11) is 2.12. The van der Waals surface area contributed by atoms with Crippen LogP contribution in [0.15, 0.2) is 12.1 Å². The quantitative estimate of drug-likeness (QED) is 0.634. The predicted octanol–water partition coefficient (Wildman–Crippen LogP) is 3.39. The van der Waals surface area contributed by atoms with Crippen molar-refractivity contribution in [2.75, 3.05) is 7.05 Å². The molecule has 0 radical (unpaired) electrons. The van der Waals surface area contributed by atoms with Gasteiger partial charge >= 0.3 is 5.69 Å². The van der Waals surface area contributed by atoms with Gasteiger partial charge in [0.15, 0.2) is 0 Å². The lowest BCUT2D eigenvalue weighted by Gasteiger charge is -2.36. The summed E-state index contributed by atoms with van der Waals surface area (Å²) in [6, 6.07) is 3.47. The molecule has 21 heavy (non-hydrogen) atoms. The molecule has 0 saturated carbocycles. The van der Waals surface area contributed by atoms with Gasteiger partial charge in [-0.2, -0.15) is 4.39 Å². The molecule has 1 aromatic rings. The molecule has 2 fully saturated rings. The molecule has 7 heteroatoms. The highest BCUT2D eigenvalue weighted by molar-refractivity contribution is 6.32. The van der Waals surface area contributed by atoms with E-state index in [0.29, 0.717) is 12.1 Å². The van der Waals surface area contributed by atoms with Crippen LogP contribution in [0, 0.1) is 15.9 Å². The van der Waals surface area contributed by atoms with Gasteiger partial charge in [0.05, 0.1) is 4.92 Å². The summed E-state index contributed by atoms with van der Waals surface area (Å²) >= 11 is 5.86. The van der Waals surface area contributed by atoms with Crippen molar-refractivity contribution >= 4 is 17.3 Å². The number of nitro benzene ring substituents is 1. The third kappa shape index (κ3) is 2.58. The molecule has 2 aliphatic heterocycles. The van der Waals surface area contributed by atoms with Crippen molar-refractivity contribution in [3.63, 3.8) is 0 Å². The number of nitrogens with zero attached hydrogens (tertiary/aromatic N) is 2. The van der Waals surface area contributed by atoms with Crippen LogP contribution in [-0.4, -0.2) is 35.1 Å². The molecule has 0 amide bonds. The summed E-state index contributed by atoms with van der Waals surface area (Å²) in [4.78, 5) is 12.2. The third-order valence-electron chi connectivity index (χ3n) is 4.57. The number of rotatable bonds is 3. The van der Waals surface area contributed by atoms with Gasteiger partial charge in [0.25, 0.3) is 0 Å². The van der Waals surface area contributed by atoms with E-state index in [2.05, 4.69) is 11.9 Å². The Balaban J connectivity index is 1.77. The van der Waals surface area contributed by atoms with Crippen molar-refractivity contribution in [3.8, 4) is 5.75 Å². The van der Waals surface area contributed by atoms with Crippen LogP contribution in [0.2, 0.25) is 5.02 Å². The lowest BCUT2D eigenvalue weighted by molar-refractivity contribution is -0.387. The topological polar surface area (TPSA) is 55.6 Å². The van der Waals surface area contributed by atoms with E-state index in [1.54, 1.807) is 0 Å². The predicted molar refractivity (Wildman–Crippen MR) is 76.3 cm³/mol. The van der Waals surface area contributed by atoms with Crippen molar-refractivity contribution < 1.29 is 14.1 Å². The lowest BCUT2D eigenvalue weighted by atomic mass is 10.0. The summed E-state index contributed by atoms with van der Waals surface area (Å²) in [6.45, 7) is 0. The maximum Gasteiger partial charge on any atom is 0.306 e. The maximum absolute atomic E-state index is 13.8. The lowest BCUT2D eigenvalue weighted by Crippen LogP contribution is -2.43. The molecule has 2 atom stereocenters. The number of benzene rings is 1. The highest BCUT2D eigenvalue weighted by Crippen LogP contribution is 2.39. The molecule has 5 nitrogen and oxygen atoms in total. The molecule has 2 bridgehead atoms. The second-order valence-electron chi connectivity index (χ2n) is 5.73. The van der Waals surface area contributed by atoms with Crippen LogP contribution < -0.4 is 4.74 Å².